The number of hydrogen-bond donors (Lipinski definition) is 7. The summed E-state index contributed by atoms with van der Waals surface area (Å²) in [7, 11) is 7.36. The molecule has 2 aliphatic carbocycles. The first-order valence-electron chi connectivity index (χ1n) is 29.0. The van der Waals surface area contributed by atoms with Crippen molar-refractivity contribution in [3.05, 3.63) is 84.0 Å². The van der Waals surface area contributed by atoms with E-state index in [0.29, 0.717) is 113 Å². The lowest BCUT2D eigenvalue weighted by atomic mass is 9.61. The van der Waals surface area contributed by atoms with E-state index in [-0.39, 0.29) is 104 Å². The highest BCUT2D eigenvalue weighted by atomic mass is 36.0. The molecule has 2 fully saturated rings. The second-order valence-corrected chi connectivity index (χ2v) is 24.5. The van der Waals surface area contributed by atoms with Gasteiger partial charge in [-0.05, 0) is 112 Å². The summed E-state index contributed by atoms with van der Waals surface area (Å²) in [6.07, 6.45) is 16.1. The van der Waals surface area contributed by atoms with E-state index in [1.165, 1.54) is 34.1 Å². The fraction of sp³-hybridized carbons (Fsp3) is 0.533. The number of halogens is 3. The first-order valence-corrected chi connectivity index (χ1v) is 32.4. The highest BCUT2D eigenvalue weighted by molar-refractivity contribution is 8.26. The predicted molar refractivity (Wildman–Crippen MR) is 326 cm³/mol. The van der Waals surface area contributed by atoms with Crippen LogP contribution in [0.25, 0.3) is 0 Å². The number of nitrogens with zero attached hydrogens (tertiary/aromatic N) is 2. The van der Waals surface area contributed by atoms with E-state index < -0.39 is 44.0 Å². The SMILES string of the molecule is NC(=O)NCCC[C@H](CC(=O)C1(C(=O)CCCCCCN2C(=O)C=CC2=O)CCC1)C(=O)Nc1ccc(CCl)cc1.NC(=O)NCCC[C@H](CC(=O)C1(C(=O)CCCCCCN2C(=O)C=CC2=O)CCC1)C(=O)Nc1ccc(CO)cc1.O=S(Cl)Cl. The van der Waals surface area contributed by atoms with Crippen LogP contribution < -0.4 is 32.7 Å². The van der Waals surface area contributed by atoms with Crippen molar-refractivity contribution in [1.82, 2.24) is 20.4 Å². The van der Waals surface area contributed by atoms with Gasteiger partial charge in [0.25, 0.3) is 23.6 Å². The lowest BCUT2D eigenvalue weighted by molar-refractivity contribution is -0.149. The highest BCUT2D eigenvalue weighted by Crippen LogP contribution is 2.47. The lowest BCUT2D eigenvalue weighted by Crippen LogP contribution is -2.46. The number of imide groups is 2. The standard InChI is InChI=1S/C30H39ClN4O6.C30H40N4O7.Cl2OS/c31-20-21-9-11-23(12-10-21)34-28(40)22(7-5-17-33-29(32)41)19-25(37)30(15-6-16-30)24(36)8-3-1-2-4-18-35-26(38)13-14-27(35)39;31-29(41)32-17-5-7-22(28(40)33-23-11-9-21(20-35)10-12-23)19-25(37)30(15-6-16-30)24(36)8-3-1-2-4-18-34-26(38)13-14-27(34)39;1-4(2)3/h9-14,22H,1-8,15-20H2,(H,34,40)(H3,32,33,41);9-14,22,35H,1-8,15-20H2,(H,33,40)(H3,31,32,41);/t2*22-;/m11./s1. The number of anilines is 2. The van der Waals surface area contributed by atoms with Crippen molar-refractivity contribution in [1.29, 1.82) is 0 Å². The van der Waals surface area contributed by atoms with E-state index in [1.54, 1.807) is 36.4 Å². The number of carbonyl (C=O) groups excluding carboxylic acids is 12. The molecule has 10 amide bonds. The zero-order chi connectivity index (χ0) is 63.2. The molecule has 0 saturated heterocycles. The molecule has 4 aliphatic rings. The van der Waals surface area contributed by atoms with Gasteiger partial charge in [0.1, 0.15) is 23.1 Å². The molecule has 2 heterocycles. The van der Waals surface area contributed by atoms with E-state index >= 15 is 0 Å². The predicted octanol–water partition coefficient (Wildman–Crippen LogP) is 7.80. The van der Waals surface area contributed by atoms with Gasteiger partial charge >= 0.3 is 12.1 Å². The van der Waals surface area contributed by atoms with Gasteiger partial charge in [-0.1, -0.05) is 62.8 Å². The Morgan fingerprint density at radius 3 is 1.16 bits per heavy atom. The number of urea groups is 2. The smallest absolute Gasteiger partial charge is 0.312 e. The number of nitrogens with one attached hydrogen (secondary N) is 4. The summed E-state index contributed by atoms with van der Waals surface area (Å²) in [6, 6.07) is 12.5. The molecular weight excluding hydrogens is 1200 g/mol. The molecule has 0 unspecified atom stereocenters. The van der Waals surface area contributed by atoms with Crippen molar-refractivity contribution in [2.45, 2.75) is 154 Å². The molecule has 0 bridgehead atoms. The summed E-state index contributed by atoms with van der Waals surface area (Å²) < 4.78 is 9.09. The minimum Gasteiger partial charge on any atom is -0.392 e. The van der Waals surface area contributed by atoms with E-state index in [4.69, 9.17) is 27.3 Å². The molecule has 9 N–H and O–H groups in total. The number of ketones is 4. The molecule has 86 heavy (non-hydrogen) atoms. The molecule has 2 aromatic rings. The largest absolute Gasteiger partial charge is 0.392 e. The molecule has 2 saturated carbocycles. The van der Waals surface area contributed by atoms with Crippen LogP contribution in [0.3, 0.4) is 0 Å². The minimum absolute atomic E-state index is 0.0557. The normalized spacial score (nSPS) is 15.9. The monoisotopic (exact) mass is 1270 g/mol. The van der Waals surface area contributed by atoms with Gasteiger partial charge < -0.3 is 37.8 Å². The van der Waals surface area contributed by atoms with Crippen molar-refractivity contribution in [3.8, 4) is 0 Å². The van der Waals surface area contributed by atoms with Crippen LogP contribution in [0, 0.1) is 22.7 Å². The van der Waals surface area contributed by atoms with Crippen LogP contribution in [0.5, 0.6) is 0 Å². The second kappa shape index (κ2) is 37.1. The zero-order valence-electron chi connectivity index (χ0n) is 48.2. The number of aliphatic hydroxyl groups is 1. The van der Waals surface area contributed by atoms with Gasteiger partial charge in [-0.2, -0.15) is 0 Å². The number of Topliss-reactive ketones (excluding diaryl/α,β-unsaturated/α-hetero) is 4. The van der Waals surface area contributed by atoms with Crippen molar-refractivity contribution < 1.29 is 66.8 Å². The minimum atomic E-state index is -1.67. The lowest BCUT2D eigenvalue weighted by Gasteiger charge is -2.39. The summed E-state index contributed by atoms with van der Waals surface area (Å²) in [5.41, 5.74) is 10.9. The molecule has 22 nitrogen and oxygen atoms in total. The fourth-order valence-corrected chi connectivity index (χ4v) is 10.7. The summed E-state index contributed by atoms with van der Waals surface area (Å²) >= 11 is 5.84. The summed E-state index contributed by atoms with van der Waals surface area (Å²) in [5, 5.41) is 19.9. The van der Waals surface area contributed by atoms with Gasteiger partial charge in [-0.15, -0.1) is 11.6 Å². The molecule has 2 aromatic carbocycles. The third-order valence-electron chi connectivity index (χ3n) is 15.9. The van der Waals surface area contributed by atoms with Crippen molar-refractivity contribution in [2.75, 3.05) is 36.8 Å². The molecule has 0 radical (unpaired) electrons. The number of unbranched alkanes of at least 4 members (excludes halogenated alkanes) is 6. The van der Waals surface area contributed by atoms with Gasteiger partial charge in [0, 0.05) is 127 Å². The maximum absolute atomic E-state index is 13.5. The number of carbonyl (C=O) groups is 12. The number of alkyl halides is 1. The average Bonchev–Trinajstić information content (AvgIpc) is 1.30. The van der Waals surface area contributed by atoms with E-state index in [0.717, 1.165) is 44.1 Å². The Hall–Kier alpha value is -6.66. The Labute approximate surface area is 517 Å². The van der Waals surface area contributed by atoms with Crippen LogP contribution in [0.1, 0.15) is 152 Å². The van der Waals surface area contributed by atoms with Gasteiger partial charge in [0.15, 0.2) is 0 Å². The van der Waals surface area contributed by atoms with Gasteiger partial charge in [-0.3, -0.25) is 57.7 Å². The Balaban J connectivity index is 0.000000347. The number of nitrogens with two attached hydrogens (primary N) is 2. The quantitative estimate of drug-likeness (QED) is 0.0113. The molecule has 26 heteroatoms. The summed E-state index contributed by atoms with van der Waals surface area (Å²) in [4.78, 5) is 151. The second-order valence-electron chi connectivity index (χ2n) is 21.7. The van der Waals surface area contributed by atoms with Crippen LogP contribution in [0.2, 0.25) is 0 Å². The number of primary amides is 2. The number of rotatable bonds is 36. The molecular formula is C60H79Cl3N8O14S. The van der Waals surface area contributed by atoms with Crippen LogP contribution in [0.15, 0.2) is 72.8 Å². The molecule has 6 rings (SSSR count). The maximum Gasteiger partial charge on any atom is 0.312 e. The maximum atomic E-state index is 13.5. The summed E-state index contributed by atoms with van der Waals surface area (Å²) in [6.45, 7) is 1.13. The number of hydrogen-bond acceptors (Lipinski definition) is 14. The van der Waals surface area contributed by atoms with Crippen molar-refractivity contribution >= 4 is 124 Å². The molecule has 0 aromatic heterocycles. The van der Waals surface area contributed by atoms with Crippen LogP contribution in [-0.4, -0.2) is 116 Å². The van der Waals surface area contributed by atoms with Gasteiger partial charge in [0.2, 0.25) is 21.0 Å². The zero-order valence-corrected chi connectivity index (χ0v) is 51.3. The third kappa shape index (κ3) is 23.2. The molecule has 470 valence electrons. The summed E-state index contributed by atoms with van der Waals surface area (Å²) in [5.74, 6) is -3.43. The first kappa shape index (κ1) is 71.8. The van der Waals surface area contributed by atoms with Crippen molar-refractivity contribution in [2.24, 2.45) is 34.1 Å². The van der Waals surface area contributed by atoms with E-state index in [9.17, 15) is 62.6 Å². The Bertz CT molecular complexity index is 2590. The molecule has 2 atom stereocenters. The topological polar surface area (TPSA) is 349 Å². The molecule has 2 aliphatic heterocycles. The Morgan fingerprint density at radius 2 is 0.860 bits per heavy atom. The van der Waals surface area contributed by atoms with E-state index in [2.05, 4.69) is 42.6 Å². The average molecular weight is 1270 g/mol. The third-order valence-corrected chi connectivity index (χ3v) is 16.2. The van der Waals surface area contributed by atoms with Crippen LogP contribution in [0.4, 0.5) is 21.0 Å². The molecule has 0 spiro atoms. The Kier molecular flexibility index (Phi) is 31.0. The number of amides is 10. The number of aliphatic hydroxyl groups excluding tert-OH is 1. The van der Waals surface area contributed by atoms with Gasteiger partial charge in [-0.25, -0.2) is 13.8 Å². The fourth-order valence-electron chi connectivity index (χ4n) is 10.6. The highest BCUT2D eigenvalue weighted by Gasteiger charge is 2.51. The Morgan fingerprint density at radius 1 is 0.523 bits per heavy atom. The van der Waals surface area contributed by atoms with Crippen molar-refractivity contribution in [3.63, 3.8) is 0 Å². The van der Waals surface area contributed by atoms with Crippen LogP contribution in [-0.2, 0) is 69.7 Å². The van der Waals surface area contributed by atoms with Gasteiger partial charge in [0.05, 0.1) is 17.4 Å². The number of benzene rings is 2. The first-order chi connectivity index (χ1) is 41.0. The van der Waals surface area contributed by atoms with Crippen LogP contribution >= 0.6 is 33.0 Å². The van der Waals surface area contributed by atoms with E-state index in [1.807, 2.05) is 12.1 Å².